The van der Waals surface area contributed by atoms with Gasteiger partial charge in [-0.05, 0) is 56.9 Å². The van der Waals surface area contributed by atoms with Crippen LogP contribution < -0.4 is 4.90 Å². The van der Waals surface area contributed by atoms with E-state index in [2.05, 4.69) is 11.1 Å². The molecule has 3 unspecified atom stereocenters. The van der Waals surface area contributed by atoms with Gasteiger partial charge in [-0.15, -0.1) is 0 Å². The molecular weight excluding hydrogens is 466 g/mol. The third kappa shape index (κ3) is 3.06. The first-order valence-electron chi connectivity index (χ1n) is 12.8. The fourth-order valence-electron chi connectivity index (χ4n) is 6.99. The van der Waals surface area contributed by atoms with Crippen molar-refractivity contribution in [1.82, 2.24) is 4.98 Å². The van der Waals surface area contributed by atoms with Crippen LogP contribution in [0.1, 0.15) is 44.1 Å². The number of carbonyl (C=O) groups is 2. The summed E-state index contributed by atoms with van der Waals surface area (Å²) >= 11 is 0. The maximum Gasteiger partial charge on any atom is 0.240 e. The Morgan fingerprint density at radius 1 is 1.00 bits per heavy atom. The van der Waals surface area contributed by atoms with E-state index in [4.69, 9.17) is 9.15 Å². The lowest BCUT2D eigenvalue weighted by Crippen LogP contribution is -2.42. The Balaban J connectivity index is 1.20. The quantitative estimate of drug-likeness (QED) is 0.351. The van der Waals surface area contributed by atoms with E-state index < -0.39 is 23.0 Å². The summed E-state index contributed by atoms with van der Waals surface area (Å²) in [5.41, 5.74) is 1.33. The van der Waals surface area contributed by atoms with Crippen LogP contribution in [0.4, 0.5) is 5.69 Å². The van der Waals surface area contributed by atoms with Gasteiger partial charge in [0.25, 0.3) is 0 Å². The number of aromatic nitrogens is 1. The van der Waals surface area contributed by atoms with Crippen molar-refractivity contribution in [2.45, 2.75) is 50.2 Å². The third-order valence-corrected chi connectivity index (χ3v) is 8.60. The van der Waals surface area contributed by atoms with Crippen LogP contribution in [0.2, 0.25) is 0 Å². The van der Waals surface area contributed by atoms with Crippen LogP contribution in [0.25, 0.3) is 21.9 Å². The molecule has 7 heteroatoms. The van der Waals surface area contributed by atoms with Gasteiger partial charge in [-0.1, -0.05) is 36.4 Å². The van der Waals surface area contributed by atoms with E-state index >= 15 is 0 Å². The Morgan fingerprint density at radius 2 is 1.76 bits per heavy atom. The molecule has 4 heterocycles. The molecule has 0 saturated carbocycles. The van der Waals surface area contributed by atoms with Gasteiger partial charge in [-0.25, -0.2) is 9.88 Å². The summed E-state index contributed by atoms with van der Waals surface area (Å²) in [4.78, 5) is 33.8. The van der Waals surface area contributed by atoms with Gasteiger partial charge in [0.15, 0.2) is 11.5 Å². The summed E-state index contributed by atoms with van der Waals surface area (Å²) in [6.07, 6.45) is 3.54. The van der Waals surface area contributed by atoms with Crippen molar-refractivity contribution in [1.29, 1.82) is 5.26 Å². The van der Waals surface area contributed by atoms with Gasteiger partial charge in [0.1, 0.15) is 5.52 Å². The smallest absolute Gasteiger partial charge is 0.240 e. The van der Waals surface area contributed by atoms with E-state index in [-0.39, 0.29) is 11.8 Å². The normalized spacial score (nSPS) is 28.4. The topological polar surface area (TPSA) is 96.4 Å². The summed E-state index contributed by atoms with van der Waals surface area (Å²) in [7, 11) is 0. The fourth-order valence-corrected chi connectivity index (χ4v) is 6.99. The Kier molecular flexibility index (Phi) is 4.64. The highest BCUT2D eigenvalue weighted by Gasteiger charge is 2.73. The molecule has 3 aromatic carbocycles. The SMILES string of the molecule is CC12CCC(CCCc3nc4ccccc4o3)(O1)[C@@H]1C(=O)N(c3ccc(C#N)c4ccccc34)C(=O)C12. The number of imide groups is 1. The molecule has 4 aromatic rings. The number of carbonyl (C=O) groups excluding carboxylic acids is 2. The molecule has 0 N–H and O–H groups in total. The second-order valence-electron chi connectivity index (χ2n) is 10.7. The van der Waals surface area contributed by atoms with E-state index in [1.165, 1.54) is 4.90 Å². The number of anilines is 1. The lowest BCUT2D eigenvalue weighted by molar-refractivity contribution is -0.130. The summed E-state index contributed by atoms with van der Waals surface area (Å²) in [6, 6.07) is 20.8. The summed E-state index contributed by atoms with van der Waals surface area (Å²) < 4.78 is 12.5. The monoisotopic (exact) mass is 491 g/mol. The van der Waals surface area contributed by atoms with Crippen LogP contribution in [0.15, 0.2) is 65.1 Å². The van der Waals surface area contributed by atoms with E-state index in [0.717, 1.165) is 41.1 Å². The molecule has 7 nitrogen and oxygen atoms in total. The van der Waals surface area contributed by atoms with Crippen LogP contribution in [0.3, 0.4) is 0 Å². The lowest BCUT2D eigenvalue weighted by Gasteiger charge is -2.31. The number of ether oxygens (including phenoxy) is 1. The number of hydrogen-bond donors (Lipinski definition) is 0. The van der Waals surface area contributed by atoms with Crippen LogP contribution in [-0.4, -0.2) is 28.0 Å². The fraction of sp³-hybridized carbons (Fsp3) is 0.333. The molecule has 1 aromatic heterocycles. The van der Waals surface area contributed by atoms with Crippen LogP contribution in [-0.2, 0) is 20.7 Å². The molecular formula is C30H25N3O4. The summed E-state index contributed by atoms with van der Waals surface area (Å²) in [5.74, 6) is -0.750. The number of amides is 2. The van der Waals surface area contributed by atoms with Crippen molar-refractivity contribution in [2.24, 2.45) is 11.8 Å². The largest absolute Gasteiger partial charge is 0.441 e. The zero-order valence-corrected chi connectivity index (χ0v) is 20.4. The van der Waals surface area contributed by atoms with Crippen molar-refractivity contribution < 1.29 is 18.7 Å². The van der Waals surface area contributed by atoms with Gasteiger partial charge in [0, 0.05) is 17.2 Å². The number of benzene rings is 3. The van der Waals surface area contributed by atoms with Gasteiger partial charge in [0.2, 0.25) is 11.8 Å². The summed E-state index contributed by atoms with van der Waals surface area (Å²) in [6.45, 7) is 1.98. The van der Waals surface area contributed by atoms with Crippen molar-refractivity contribution >= 4 is 39.4 Å². The van der Waals surface area contributed by atoms with Gasteiger partial charge >= 0.3 is 0 Å². The second kappa shape index (κ2) is 7.74. The average Bonchev–Trinajstić information content (AvgIpc) is 3.61. The molecule has 184 valence electrons. The predicted molar refractivity (Wildman–Crippen MR) is 137 cm³/mol. The number of aryl methyl sites for hydroxylation is 1. The highest BCUT2D eigenvalue weighted by molar-refractivity contribution is 6.26. The van der Waals surface area contributed by atoms with Crippen molar-refractivity contribution in [3.05, 3.63) is 72.1 Å². The standard InChI is InChI=1S/C30H25N3O4/c1-29-15-16-30(37-29,14-6-11-24-32-21-9-4-5-10-23(21)36-24)26-25(29)27(34)33(28(26)35)22-13-12-18(17-31)19-7-2-3-8-20(19)22/h2-5,7-10,12-13,25-26H,6,11,14-16H2,1H3/t25?,26-,29?,30?/m0/s1. The minimum atomic E-state index is -0.671. The van der Waals surface area contributed by atoms with E-state index in [1.54, 1.807) is 12.1 Å². The molecule has 4 atom stereocenters. The minimum absolute atomic E-state index is 0.199. The third-order valence-electron chi connectivity index (χ3n) is 8.60. The first kappa shape index (κ1) is 22.2. The van der Waals surface area contributed by atoms with E-state index in [1.807, 2.05) is 55.5 Å². The molecule has 2 bridgehead atoms. The molecule has 37 heavy (non-hydrogen) atoms. The zero-order valence-electron chi connectivity index (χ0n) is 20.4. The Morgan fingerprint density at radius 3 is 2.57 bits per heavy atom. The Labute approximate surface area is 213 Å². The average molecular weight is 492 g/mol. The molecule has 7 rings (SSSR count). The number of fused-ring (bicyclic) bond motifs is 7. The zero-order chi connectivity index (χ0) is 25.4. The van der Waals surface area contributed by atoms with Crippen LogP contribution >= 0.6 is 0 Å². The van der Waals surface area contributed by atoms with Crippen LogP contribution in [0, 0.1) is 23.2 Å². The molecule has 3 aliphatic rings. The number of oxazole rings is 1. The molecule has 0 spiro atoms. The van der Waals surface area contributed by atoms with Crippen molar-refractivity contribution in [3.8, 4) is 6.07 Å². The minimum Gasteiger partial charge on any atom is -0.441 e. The highest BCUT2D eigenvalue weighted by Crippen LogP contribution is 2.62. The molecule has 0 aliphatic carbocycles. The number of para-hydroxylation sites is 2. The van der Waals surface area contributed by atoms with Gasteiger partial charge in [-0.2, -0.15) is 5.26 Å². The first-order chi connectivity index (χ1) is 17.9. The number of nitrogens with zero attached hydrogens (tertiary/aromatic N) is 3. The van der Waals surface area contributed by atoms with Gasteiger partial charge in [-0.3, -0.25) is 9.59 Å². The lowest BCUT2D eigenvalue weighted by atomic mass is 9.67. The Bertz CT molecular complexity index is 1620. The molecule has 2 amide bonds. The molecule has 3 aliphatic heterocycles. The van der Waals surface area contributed by atoms with Gasteiger partial charge in [0.05, 0.1) is 40.4 Å². The molecule has 3 saturated heterocycles. The molecule has 0 radical (unpaired) electrons. The number of hydrogen-bond acceptors (Lipinski definition) is 6. The first-order valence-corrected chi connectivity index (χ1v) is 12.8. The molecule has 3 fully saturated rings. The second-order valence-corrected chi connectivity index (χ2v) is 10.7. The van der Waals surface area contributed by atoms with E-state index in [0.29, 0.717) is 30.0 Å². The maximum atomic E-state index is 14.0. The maximum absolute atomic E-state index is 14.0. The number of rotatable bonds is 5. The number of nitriles is 1. The Hall–Kier alpha value is -4.02. The van der Waals surface area contributed by atoms with Crippen molar-refractivity contribution in [3.63, 3.8) is 0 Å². The van der Waals surface area contributed by atoms with E-state index in [9.17, 15) is 14.9 Å². The predicted octanol–water partition coefficient (Wildman–Crippen LogP) is 5.30. The van der Waals surface area contributed by atoms with Crippen LogP contribution in [0.5, 0.6) is 0 Å². The summed E-state index contributed by atoms with van der Waals surface area (Å²) in [5, 5.41) is 11.0. The van der Waals surface area contributed by atoms with Crippen molar-refractivity contribution in [2.75, 3.05) is 4.90 Å². The highest BCUT2D eigenvalue weighted by atomic mass is 16.5. The van der Waals surface area contributed by atoms with Gasteiger partial charge < -0.3 is 9.15 Å².